The summed E-state index contributed by atoms with van der Waals surface area (Å²) in [5.41, 5.74) is 1.29. The van der Waals surface area contributed by atoms with Crippen LogP contribution in [0.25, 0.3) is 0 Å². The van der Waals surface area contributed by atoms with Crippen LogP contribution in [-0.4, -0.2) is 38.8 Å². The molecular weight excluding hydrogens is 269 g/mol. The van der Waals surface area contributed by atoms with Gasteiger partial charge in [0.25, 0.3) is 0 Å². The number of nitrogens with zero attached hydrogens (tertiary/aromatic N) is 1. The van der Waals surface area contributed by atoms with Gasteiger partial charge in [-0.15, -0.1) is 0 Å². The molecule has 0 unspecified atom stereocenters. The number of hydrogen-bond donors (Lipinski definition) is 2. The second-order valence-corrected chi connectivity index (χ2v) is 5.80. The van der Waals surface area contributed by atoms with Crippen molar-refractivity contribution in [3.05, 3.63) is 35.6 Å². The van der Waals surface area contributed by atoms with Gasteiger partial charge in [0.05, 0.1) is 19.8 Å². The first-order valence-electron chi connectivity index (χ1n) is 7.46. The standard InChI is InChI=1S/C16H24FN3O/c1-3-18-15(20-10-16(2)11-21-12-16)19-9-8-13-4-6-14(17)7-5-13/h4-7H,3,8-12H2,1-2H3,(H2,18,19,20). The van der Waals surface area contributed by atoms with E-state index in [1.165, 1.54) is 12.1 Å². The third kappa shape index (κ3) is 5.01. The zero-order chi connectivity index (χ0) is 15.1. The number of aliphatic imine (C=N–C) groups is 1. The van der Waals surface area contributed by atoms with E-state index in [9.17, 15) is 4.39 Å². The minimum absolute atomic E-state index is 0.180. The molecule has 1 aliphatic rings. The maximum Gasteiger partial charge on any atom is 0.191 e. The van der Waals surface area contributed by atoms with Crippen molar-refractivity contribution in [3.63, 3.8) is 0 Å². The average molecular weight is 293 g/mol. The monoisotopic (exact) mass is 293 g/mol. The van der Waals surface area contributed by atoms with E-state index >= 15 is 0 Å². The summed E-state index contributed by atoms with van der Waals surface area (Å²) >= 11 is 0. The molecule has 4 nitrogen and oxygen atoms in total. The van der Waals surface area contributed by atoms with Crippen LogP contribution in [0.2, 0.25) is 0 Å². The second kappa shape index (κ2) is 7.41. The number of hydrogen-bond acceptors (Lipinski definition) is 2. The van der Waals surface area contributed by atoms with Crippen LogP contribution in [0.4, 0.5) is 4.39 Å². The van der Waals surface area contributed by atoms with Crippen molar-refractivity contribution in [2.24, 2.45) is 10.4 Å². The smallest absolute Gasteiger partial charge is 0.191 e. The van der Waals surface area contributed by atoms with Crippen molar-refractivity contribution in [1.82, 2.24) is 10.6 Å². The predicted octanol–water partition coefficient (Wildman–Crippen LogP) is 1.96. The lowest BCUT2D eigenvalue weighted by Crippen LogP contribution is -2.44. The van der Waals surface area contributed by atoms with Gasteiger partial charge in [-0.05, 0) is 31.0 Å². The molecule has 2 N–H and O–H groups in total. The van der Waals surface area contributed by atoms with Crippen LogP contribution in [-0.2, 0) is 11.2 Å². The minimum Gasteiger partial charge on any atom is -0.380 e. The molecule has 0 bridgehead atoms. The Hall–Kier alpha value is -1.62. The molecule has 21 heavy (non-hydrogen) atoms. The Bertz CT molecular complexity index is 469. The number of nitrogens with one attached hydrogen (secondary N) is 2. The first-order valence-corrected chi connectivity index (χ1v) is 7.46. The fourth-order valence-corrected chi connectivity index (χ4v) is 2.13. The van der Waals surface area contributed by atoms with Crippen LogP contribution in [0.5, 0.6) is 0 Å². The van der Waals surface area contributed by atoms with Gasteiger partial charge in [-0.3, -0.25) is 4.99 Å². The van der Waals surface area contributed by atoms with Crippen LogP contribution in [0.3, 0.4) is 0 Å². The molecule has 0 radical (unpaired) electrons. The van der Waals surface area contributed by atoms with Gasteiger partial charge in [-0.1, -0.05) is 19.1 Å². The Kier molecular flexibility index (Phi) is 5.56. The summed E-state index contributed by atoms with van der Waals surface area (Å²) in [5.74, 6) is 0.630. The van der Waals surface area contributed by atoms with Gasteiger partial charge in [0, 0.05) is 18.5 Å². The van der Waals surface area contributed by atoms with Crippen LogP contribution in [0.15, 0.2) is 29.3 Å². The highest BCUT2D eigenvalue weighted by Gasteiger charge is 2.33. The summed E-state index contributed by atoms with van der Waals surface area (Å²) in [6, 6.07) is 6.61. The molecule has 1 aromatic rings. The van der Waals surface area contributed by atoms with Gasteiger partial charge in [0.2, 0.25) is 0 Å². The highest BCUT2D eigenvalue weighted by Crippen LogP contribution is 2.26. The van der Waals surface area contributed by atoms with E-state index in [-0.39, 0.29) is 11.2 Å². The van der Waals surface area contributed by atoms with Gasteiger partial charge in [-0.2, -0.15) is 0 Å². The van der Waals surface area contributed by atoms with Crippen molar-refractivity contribution in [3.8, 4) is 0 Å². The van der Waals surface area contributed by atoms with Crippen LogP contribution in [0.1, 0.15) is 19.4 Å². The summed E-state index contributed by atoms with van der Waals surface area (Å²) in [5, 5.41) is 6.55. The zero-order valence-corrected chi connectivity index (χ0v) is 12.8. The van der Waals surface area contributed by atoms with Crippen LogP contribution in [0, 0.1) is 11.2 Å². The summed E-state index contributed by atoms with van der Waals surface area (Å²) in [6.07, 6.45) is 0.838. The van der Waals surface area contributed by atoms with Gasteiger partial charge in [0.1, 0.15) is 5.82 Å². The normalized spacial score (nSPS) is 17.2. The molecule has 0 aromatic heterocycles. The number of benzene rings is 1. The van der Waals surface area contributed by atoms with Crippen molar-refractivity contribution >= 4 is 5.96 Å². The third-order valence-electron chi connectivity index (χ3n) is 3.48. The molecule has 0 spiro atoms. The first-order chi connectivity index (χ1) is 10.1. The van der Waals surface area contributed by atoms with Gasteiger partial charge < -0.3 is 15.4 Å². The molecule has 5 heteroatoms. The number of guanidine groups is 1. The molecular formula is C16H24FN3O. The maximum atomic E-state index is 12.8. The van der Waals surface area contributed by atoms with E-state index < -0.39 is 0 Å². The minimum atomic E-state index is -0.197. The molecule has 0 atom stereocenters. The average Bonchev–Trinajstić information content (AvgIpc) is 2.45. The lowest BCUT2D eigenvalue weighted by molar-refractivity contribution is -0.0945. The van der Waals surface area contributed by atoms with Gasteiger partial charge >= 0.3 is 0 Å². The van der Waals surface area contributed by atoms with Crippen molar-refractivity contribution in [2.75, 3.05) is 32.8 Å². The van der Waals surface area contributed by atoms with Crippen LogP contribution < -0.4 is 10.6 Å². The first kappa shape index (κ1) is 15.8. The number of rotatable bonds is 6. The maximum absolute atomic E-state index is 12.8. The van der Waals surface area contributed by atoms with E-state index in [0.29, 0.717) is 0 Å². The summed E-state index contributed by atoms with van der Waals surface area (Å²) in [6.45, 7) is 8.16. The van der Waals surface area contributed by atoms with Crippen molar-refractivity contribution < 1.29 is 9.13 Å². The molecule has 0 saturated carbocycles. The molecule has 1 saturated heterocycles. The Morgan fingerprint density at radius 2 is 2.00 bits per heavy atom. The Balaban J connectivity index is 1.79. The molecule has 1 aromatic carbocycles. The molecule has 116 valence electrons. The van der Waals surface area contributed by atoms with Crippen LogP contribution >= 0.6 is 0 Å². The topological polar surface area (TPSA) is 45.7 Å². The molecule has 1 fully saturated rings. The van der Waals surface area contributed by atoms with E-state index in [1.807, 2.05) is 19.1 Å². The van der Waals surface area contributed by atoms with Crippen molar-refractivity contribution in [1.29, 1.82) is 0 Å². The van der Waals surface area contributed by atoms with Gasteiger partial charge in [-0.25, -0.2) is 4.39 Å². The second-order valence-electron chi connectivity index (χ2n) is 5.80. The van der Waals surface area contributed by atoms with E-state index in [0.717, 1.165) is 50.8 Å². The molecule has 2 rings (SSSR count). The molecule has 0 amide bonds. The fraction of sp³-hybridized carbons (Fsp3) is 0.562. The summed E-state index contributed by atoms with van der Waals surface area (Å²) in [7, 11) is 0. The van der Waals surface area contributed by atoms with Crippen molar-refractivity contribution in [2.45, 2.75) is 20.3 Å². The van der Waals surface area contributed by atoms with Gasteiger partial charge in [0.15, 0.2) is 5.96 Å². The molecule has 1 heterocycles. The summed E-state index contributed by atoms with van der Waals surface area (Å²) < 4.78 is 18.1. The Morgan fingerprint density at radius 1 is 1.29 bits per heavy atom. The lowest BCUT2D eigenvalue weighted by atomic mass is 9.89. The SMILES string of the molecule is CCNC(=NCC1(C)COC1)NCCc1ccc(F)cc1. The highest BCUT2D eigenvalue weighted by atomic mass is 19.1. The largest absolute Gasteiger partial charge is 0.380 e. The highest BCUT2D eigenvalue weighted by molar-refractivity contribution is 5.79. The molecule has 0 aliphatic carbocycles. The zero-order valence-electron chi connectivity index (χ0n) is 12.8. The Morgan fingerprint density at radius 3 is 2.57 bits per heavy atom. The lowest BCUT2D eigenvalue weighted by Gasteiger charge is -2.36. The fourth-order valence-electron chi connectivity index (χ4n) is 2.13. The van der Waals surface area contributed by atoms with E-state index in [1.54, 1.807) is 0 Å². The summed E-state index contributed by atoms with van der Waals surface area (Å²) in [4.78, 5) is 4.61. The number of ether oxygens (including phenoxy) is 1. The number of halogens is 1. The molecule has 1 aliphatic heterocycles. The quantitative estimate of drug-likeness (QED) is 0.622. The third-order valence-corrected chi connectivity index (χ3v) is 3.48. The Labute approximate surface area is 125 Å². The van der Waals surface area contributed by atoms with E-state index in [2.05, 4.69) is 22.5 Å². The predicted molar refractivity (Wildman–Crippen MR) is 83.0 cm³/mol. The van der Waals surface area contributed by atoms with E-state index in [4.69, 9.17) is 4.74 Å².